The topological polar surface area (TPSA) is 72.5 Å². The van der Waals surface area contributed by atoms with Crippen LogP contribution in [0.4, 0.5) is 0 Å². The number of hydrogen-bond donors (Lipinski definition) is 2. The molecule has 0 amide bonds. The summed E-state index contributed by atoms with van der Waals surface area (Å²) in [6, 6.07) is 5.98. The van der Waals surface area contributed by atoms with Gasteiger partial charge in [0.25, 0.3) is 0 Å². The molecule has 3 N–H and O–H groups in total. The van der Waals surface area contributed by atoms with Crippen molar-refractivity contribution >= 4 is 5.97 Å². The van der Waals surface area contributed by atoms with Gasteiger partial charge in [0.1, 0.15) is 12.4 Å². The van der Waals surface area contributed by atoms with Gasteiger partial charge >= 0.3 is 5.97 Å². The molecule has 1 aromatic rings. The molecule has 0 heterocycles. The maximum atomic E-state index is 11.2. The first-order valence-electron chi connectivity index (χ1n) is 3.90. The van der Waals surface area contributed by atoms with Crippen molar-refractivity contribution < 1.29 is 14.6 Å². The van der Waals surface area contributed by atoms with Gasteiger partial charge in [0.2, 0.25) is 0 Å². The van der Waals surface area contributed by atoms with Gasteiger partial charge in [-0.25, -0.2) is 4.79 Å². The summed E-state index contributed by atoms with van der Waals surface area (Å²) in [5, 5.41) is 9.05. The van der Waals surface area contributed by atoms with Crippen molar-refractivity contribution in [1.82, 2.24) is 0 Å². The average molecular weight is 181 g/mol. The standard InChI is InChI=1S/C9H11NO3/c10-4-5-13-9(12)7-2-1-3-8(11)6-7/h1-3,6,11H,4-5,10H2. The van der Waals surface area contributed by atoms with E-state index in [2.05, 4.69) is 0 Å². The van der Waals surface area contributed by atoms with Crippen molar-refractivity contribution in [2.45, 2.75) is 0 Å². The lowest BCUT2D eigenvalue weighted by Crippen LogP contribution is -2.13. The highest BCUT2D eigenvalue weighted by atomic mass is 16.5. The minimum absolute atomic E-state index is 0.0437. The van der Waals surface area contributed by atoms with Crippen molar-refractivity contribution in [2.24, 2.45) is 5.73 Å². The molecule has 70 valence electrons. The lowest BCUT2D eigenvalue weighted by atomic mass is 10.2. The average Bonchev–Trinajstić information content (AvgIpc) is 2.14. The van der Waals surface area contributed by atoms with E-state index < -0.39 is 5.97 Å². The molecule has 0 unspecified atom stereocenters. The predicted molar refractivity (Wildman–Crippen MR) is 47.4 cm³/mol. The fourth-order valence-corrected chi connectivity index (χ4v) is 0.868. The number of nitrogens with two attached hydrogens (primary N) is 1. The van der Waals surface area contributed by atoms with Gasteiger partial charge in [0.05, 0.1) is 5.56 Å². The molecular formula is C9H11NO3. The number of benzene rings is 1. The Labute approximate surface area is 75.9 Å². The molecule has 0 atom stereocenters. The fraction of sp³-hybridized carbons (Fsp3) is 0.222. The molecule has 1 aromatic carbocycles. The number of hydrogen-bond acceptors (Lipinski definition) is 4. The monoisotopic (exact) mass is 181 g/mol. The van der Waals surface area contributed by atoms with Crippen LogP contribution >= 0.6 is 0 Å². The second kappa shape index (κ2) is 4.47. The van der Waals surface area contributed by atoms with Crippen molar-refractivity contribution in [3.63, 3.8) is 0 Å². The summed E-state index contributed by atoms with van der Waals surface area (Å²) in [6.45, 7) is 0.485. The summed E-state index contributed by atoms with van der Waals surface area (Å²) < 4.78 is 4.76. The quantitative estimate of drug-likeness (QED) is 0.666. The smallest absolute Gasteiger partial charge is 0.338 e. The fourth-order valence-electron chi connectivity index (χ4n) is 0.868. The predicted octanol–water partition coefficient (Wildman–Crippen LogP) is 0.508. The maximum Gasteiger partial charge on any atom is 0.338 e. The van der Waals surface area contributed by atoms with Crippen molar-refractivity contribution in [1.29, 1.82) is 0 Å². The number of carbonyl (C=O) groups is 1. The van der Waals surface area contributed by atoms with Gasteiger partial charge in [-0.05, 0) is 18.2 Å². The van der Waals surface area contributed by atoms with E-state index in [1.807, 2.05) is 0 Å². The number of aromatic hydroxyl groups is 1. The van der Waals surface area contributed by atoms with Gasteiger partial charge in [-0.1, -0.05) is 6.07 Å². The summed E-state index contributed by atoms with van der Waals surface area (Å²) in [5.41, 5.74) is 5.49. The third-order valence-corrected chi connectivity index (χ3v) is 1.43. The largest absolute Gasteiger partial charge is 0.508 e. The van der Waals surface area contributed by atoms with Gasteiger partial charge < -0.3 is 15.6 Å². The minimum atomic E-state index is -0.471. The Balaban J connectivity index is 2.66. The Kier molecular flexibility index (Phi) is 3.28. The van der Waals surface area contributed by atoms with Crippen molar-refractivity contribution in [3.05, 3.63) is 29.8 Å². The van der Waals surface area contributed by atoms with Crippen LogP contribution in [0.2, 0.25) is 0 Å². The molecule has 0 aliphatic rings. The zero-order valence-corrected chi connectivity index (χ0v) is 7.06. The molecule has 0 saturated carbocycles. The van der Waals surface area contributed by atoms with E-state index in [0.29, 0.717) is 12.1 Å². The van der Waals surface area contributed by atoms with Gasteiger partial charge in [-0.15, -0.1) is 0 Å². The highest BCUT2D eigenvalue weighted by Gasteiger charge is 2.06. The molecule has 13 heavy (non-hydrogen) atoms. The molecule has 1 rings (SSSR count). The van der Waals surface area contributed by atoms with Gasteiger partial charge in [0.15, 0.2) is 0 Å². The molecule has 0 fully saturated rings. The molecule has 0 aliphatic heterocycles. The first kappa shape index (κ1) is 9.54. The molecule has 0 aromatic heterocycles. The third kappa shape index (κ3) is 2.76. The summed E-state index contributed by atoms with van der Waals surface area (Å²) in [5.74, 6) is -0.427. The lowest BCUT2D eigenvalue weighted by Gasteiger charge is -2.02. The third-order valence-electron chi connectivity index (χ3n) is 1.43. The molecule has 0 radical (unpaired) electrons. The van der Waals surface area contributed by atoms with Crippen LogP contribution in [0.15, 0.2) is 24.3 Å². The van der Waals surface area contributed by atoms with Crippen molar-refractivity contribution in [3.8, 4) is 5.75 Å². The summed E-state index contributed by atoms with van der Waals surface area (Å²) in [6.07, 6.45) is 0. The number of ether oxygens (including phenoxy) is 1. The first-order valence-corrected chi connectivity index (χ1v) is 3.90. The Morgan fingerprint density at radius 2 is 2.31 bits per heavy atom. The number of phenolic OH excluding ortho intramolecular Hbond substituents is 1. The Morgan fingerprint density at radius 1 is 1.54 bits per heavy atom. The van der Waals surface area contributed by atoms with Gasteiger partial charge in [-0.2, -0.15) is 0 Å². The zero-order valence-electron chi connectivity index (χ0n) is 7.06. The molecule has 0 bridgehead atoms. The van der Waals surface area contributed by atoms with Crippen LogP contribution in [0, 0.1) is 0 Å². The van der Waals surface area contributed by atoms with E-state index in [0.717, 1.165) is 0 Å². The number of esters is 1. The molecule has 0 spiro atoms. The number of carbonyl (C=O) groups excluding carboxylic acids is 1. The highest BCUT2D eigenvalue weighted by Crippen LogP contribution is 2.11. The highest BCUT2D eigenvalue weighted by molar-refractivity contribution is 5.89. The van der Waals surface area contributed by atoms with E-state index in [-0.39, 0.29) is 12.4 Å². The molecule has 4 nitrogen and oxygen atoms in total. The van der Waals surface area contributed by atoms with Crippen LogP contribution in [0.3, 0.4) is 0 Å². The summed E-state index contributed by atoms with van der Waals surface area (Å²) in [7, 11) is 0. The van der Waals surface area contributed by atoms with Crippen LogP contribution in [0.5, 0.6) is 5.75 Å². The van der Waals surface area contributed by atoms with E-state index in [1.54, 1.807) is 12.1 Å². The zero-order chi connectivity index (χ0) is 9.68. The summed E-state index contributed by atoms with van der Waals surface area (Å²) >= 11 is 0. The molecular weight excluding hydrogens is 170 g/mol. The van der Waals surface area contributed by atoms with Crippen LogP contribution in [0.25, 0.3) is 0 Å². The van der Waals surface area contributed by atoms with Crippen LogP contribution in [-0.2, 0) is 4.74 Å². The number of rotatable bonds is 3. The van der Waals surface area contributed by atoms with E-state index >= 15 is 0 Å². The maximum absolute atomic E-state index is 11.2. The van der Waals surface area contributed by atoms with E-state index in [9.17, 15) is 4.79 Å². The van der Waals surface area contributed by atoms with Gasteiger partial charge in [0, 0.05) is 6.54 Å². The van der Waals surface area contributed by atoms with Crippen LogP contribution < -0.4 is 5.73 Å². The molecule has 0 aliphatic carbocycles. The van der Waals surface area contributed by atoms with Crippen molar-refractivity contribution in [2.75, 3.05) is 13.2 Å². The van der Waals surface area contributed by atoms with E-state index in [1.165, 1.54) is 12.1 Å². The number of phenols is 1. The second-order valence-corrected chi connectivity index (χ2v) is 2.47. The Hall–Kier alpha value is -1.55. The van der Waals surface area contributed by atoms with Crippen LogP contribution in [-0.4, -0.2) is 24.2 Å². The SMILES string of the molecule is NCCOC(=O)c1cccc(O)c1. The lowest BCUT2D eigenvalue weighted by molar-refractivity contribution is 0.0516. The molecule has 4 heteroatoms. The normalized spacial score (nSPS) is 9.62. The minimum Gasteiger partial charge on any atom is -0.508 e. The first-order chi connectivity index (χ1) is 6.24. The second-order valence-electron chi connectivity index (χ2n) is 2.47. The Morgan fingerprint density at radius 3 is 2.92 bits per heavy atom. The molecule has 0 saturated heterocycles. The van der Waals surface area contributed by atoms with E-state index in [4.69, 9.17) is 15.6 Å². The summed E-state index contributed by atoms with van der Waals surface area (Å²) in [4.78, 5) is 11.2. The van der Waals surface area contributed by atoms with Gasteiger partial charge in [-0.3, -0.25) is 0 Å². The Bertz CT molecular complexity index is 299. The van der Waals surface area contributed by atoms with Crippen LogP contribution in [0.1, 0.15) is 10.4 Å².